The van der Waals surface area contributed by atoms with Gasteiger partial charge in [-0.05, 0) is 39.5 Å². The Morgan fingerprint density at radius 2 is 1.81 bits per heavy atom. The monoisotopic (exact) mass is 440 g/mol. The predicted molar refractivity (Wildman–Crippen MR) is 107 cm³/mol. The Morgan fingerprint density at radius 1 is 1.19 bits per heavy atom. The summed E-state index contributed by atoms with van der Waals surface area (Å²) in [6, 6.07) is 0.702. The Balaban J connectivity index is 1.82. The van der Waals surface area contributed by atoms with Crippen LogP contribution in [0.15, 0.2) is 9.59 Å². The van der Waals surface area contributed by atoms with Gasteiger partial charge < -0.3 is 15.1 Å². The van der Waals surface area contributed by atoms with Crippen molar-refractivity contribution in [3.8, 4) is 0 Å². The molecule has 2 N–H and O–H groups in total. The van der Waals surface area contributed by atoms with Crippen LogP contribution in [-0.4, -0.2) is 58.4 Å². The maximum absolute atomic E-state index is 13.1. The third kappa shape index (κ3) is 2.98. The van der Waals surface area contributed by atoms with Gasteiger partial charge in [0.05, 0.1) is 16.1 Å². The molecule has 1 amide bonds. The van der Waals surface area contributed by atoms with E-state index in [0.717, 1.165) is 30.3 Å². The molecule has 4 rings (SSSR count). The maximum atomic E-state index is 13.1. The molecule has 2 unspecified atom stereocenters. The van der Waals surface area contributed by atoms with Gasteiger partial charge in [0, 0.05) is 31.2 Å². The lowest BCUT2D eigenvalue weighted by atomic mass is 9.98. The number of halogens is 1. The highest BCUT2D eigenvalue weighted by Crippen LogP contribution is 2.39. The van der Waals surface area contributed by atoms with Gasteiger partial charge in [0.2, 0.25) is 0 Å². The zero-order valence-electron chi connectivity index (χ0n) is 15.6. The molecular formula is C17H25BrN6O3. The number of nitrogens with zero attached hydrogens (tertiary/aromatic N) is 4. The number of amides is 1. The van der Waals surface area contributed by atoms with Gasteiger partial charge in [0.15, 0.2) is 11.5 Å². The van der Waals surface area contributed by atoms with E-state index in [1.807, 2.05) is 18.7 Å². The largest absolute Gasteiger partial charge is 0.338 e. The molecule has 2 bridgehead atoms. The number of piperidine rings is 1. The lowest BCUT2D eigenvalue weighted by molar-refractivity contribution is 0.203. The molecule has 1 aromatic heterocycles. The van der Waals surface area contributed by atoms with Crippen LogP contribution in [0.3, 0.4) is 0 Å². The fourth-order valence-electron chi connectivity index (χ4n) is 4.65. The summed E-state index contributed by atoms with van der Waals surface area (Å²) in [5.74, 6) is 0.406. The van der Waals surface area contributed by atoms with Crippen molar-refractivity contribution in [3.63, 3.8) is 0 Å². The molecule has 148 valence electrons. The number of fused-ring (bicyclic) bond motifs is 3. The summed E-state index contributed by atoms with van der Waals surface area (Å²) in [5, 5.41) is 3.61. The van der Waals surface area contributed by atoms with Gasteiger partial charge in [-0.2, -0.15) is 4.57 Å². The van der Waals surface area contributed by atoms with Crippen LogP contribution in [-0.2, 0) is 0 Å². The summed E-state index contributed by atoms with van der Waals surface area (Å²) in [7, 11) is 0. The Hall–Kier alpha value is -1.81. The number of carbonyl (C=O) groups is 1. The number of hydrogen-bond acceptors (Lipinski definition) is 6. The molecule has 2 fully saturated rings. The molecule has 0 aliphatic carbocycles. The summed E-state index contributed by atoms with van der Waals surface area (Å²) >= 11 is 3.44. The van der Waals surface area contributed by atoms with Gasteiger partial charge in [-0.1, -0.05) is 0 Å². The fraction of sp³-hybridized carbons (Fsp3) is 0.706. The number of anilines is 2. The van der Waals surface area contributed by atoms with Crippen LogP contribution in [0.2, 0.25) is 0 Å². The first-order valence-corrected chi connectivity index (χ1v) is 10.3. The second-order valence-corrected chi connectivity index (χ2v) is 8.31. The summed E-state index contributed by atoms with van der Waals surface area (Å²) < 4.78 is 2.78. The third-order valence-corrected chi connectivity index (χ3v) is 6.55. The van der Waals surface area contributed by atoms with Crippen molar-refractivity contribution in [1.82, 2.24) is 19.8 Å². The molecule has 27 heavy (non-hydrogen) atoms. The van der Waals surface area contributed by atoms with Crippen molar-refractivity contribution in [2.24, 2.45) is 0 Å². The van der Waals surface area contributed by atoms with Gasteiger partial charge in [0.1, 0.15) is 6.67 Å². The van der Waals surface area contributed by atoms with E-state index < -0.39 is 17.3 Å². The number of aromatic nitrogens is 2. The zero-order chi connectivity index (χ0) is 19.3. The van der Waals surface area contributed by atoms with E-state index >= 15 is 0 Å². The first-order chi connectivity index (χ1) is 12.9. The van der Waals surface area contributed by atoms with Crippen LogP contribution in [0.1, 0.15) is 39.5 Å². The van der Waals surface area contributed by atoms with Crippen LogP contribution in [0.25, 0.3) is 0 Å². The Bertz CT molecular complexity index is 851. The average Bonchev–Trinajstić information content (AvgIpc) is 3.15. The number of hydrogen-bond donors (Lipinski definition) is 2. The lowest BCUT2D eigenvalue weighted by Crippen LogP contribution is -2.51. The zero-order valence-corrected chi connectivity index (χ0v) is 17.2. The molecule has 0 spiro atoms. The molecule has 3 aliphatic heterocycles. The van der Waals surface area contributed by atoms with Gasteiger partial charge >= 0.3 is 11.7 Å². The minimum atomic E-state index is -0.680. The Morgan fingerprint density at radius 3 is 2.41 bits per heavy atom. The molecule has 2 saturated heterocycles. The Kier molecular flexibility index (Phi) is 4.79. The van der Waals surface area contributed by atoms with Gasteiger partial charge in [-0.15, -0.1) is 0 Å². The lowest BCUT2D eigenvalue weighted by Gasteiger charge is -2.37. The second kappa shape index (κ2) is 6.97. The molecule has 9 nitrogen and oxygen atoms in total. The second-order valence-electron chi connectivity index (χ2n) is 7.46. The fourth-order valence-corrected chi connectivity index (χ4v) is 5.21. The van der Waals surface area contributed by atoms with E-state index in [4.69, 9.17) is 0 Å². The van der Waals surface area contributed by atoms with Crippen LogP contribution in [0.4, 0.5) is 16.3 Å². The number of H-pyrrole nitrogens is 1. The van der Waals surface area contributed by atoms with E-state index in [1.54, 1.807) is 8.83 Å². The van der Waals surface area contributed by atoms with Crippen molar-refractivity contribution >= 4 is 33.7 Å². The van der Waals surface area contributed by atoms with Crippen molar-refractivity contribution < 1.29 is 4.79 Å². The smallest absolute Gasteiger partial charge is 0.334 e. The summed E-state index contributed by atoms with van der Waals surface area (Å²) in [6.45, 7) is 5.16. The number of rotatable bonds is 3. The molecule has 10 heteroatoms. The minimum Gasteiger partial charge on any atom is -0.334 e. The van der Waals surface area contributed by atoms with Crippen LogP contribution in [0.5, 0.6) is 0 Å². The third-order valence-electron chi connectivity index (χ3n) is 5.97. The van der Waals surface area contributed by atoms with Crippen molar-refractivity contribution in [1.29, 1.82) is 0 Å². The van der Waals surface area contributed by atoms with Crippen LogP contribution >= 0.6 is 16.1 Å². The standard InChI is InChI=1S/C17H25BrN6O3/c1-3-21(4-2)17(27)24-15-13(14(25)20-16(24)26)23(18)9-22(15)12-7-10-5-6-11(8-12)19-10/h10-12,19H,3-9H2,1-2H3,(H,20,25,26). The maximum Gasteiger partial charge on any atom is 0.338 e. The number of aromatic amines is 1. The molecule has 2 atom stereocenters. The van der Waals surface area contributed by atoms with E-state index in [0.29, 0.717) is 43.3 Å². The Labute approximate surface area is 165 Å². The van der Waals surface area contributed by atoms with E-state index in [2.05, 4.69) is 26.4 Å². The van der Waals surface area contributed by atoms with Crippen LogP contribution < -0.4 is 25.4 Å². The van der Waals surface area contributed by atoms with Crippen molar-refractivity contribution in [2.75, 3.05) is 28.6 Å². The molecule has 1 aromatic rings. The highest BCUT2D eigenvalue weighted by molar-refractivity contribution is 9.10. The van der Waals surface area contributed by atoms with Crippen LogP contribution in [0, 0.1) is 0 Å². The van der Waals surface area contributed by atoms with Crippen molar-refractivity contribution in [2.45, 2.75) is 57.7 Å². The van der Waals surface area contributed by atoms with E-state index in [-0.39, 0.29) is 6.04 Å². The van der Waals surface area contributed by atoms with Crippen molar-refractivity contribution in [3.05, 3.63) is 20.8 Å². The highest BCUT2D eigenvalue weighted by atomic mass is 79.9. The topological polar surface area (TPSA) is 93.7 Å². The normalized spacial score (nSPS) is 26.4. The molecular weight excluding hydrogens is 416 g/mol. The molecule has 0 radical (unpaired) electrons. The first-order valence-electron chi connectivity index (χ1n) is 9.59. The number of carbonyl (C=O) groups excluding carboxylic acids is 1. The average molecular weight is 441 g/mol. The quantitative estimate of drug-likeness (QED) is 0.681. The molecule has 0 saturated carbocycles. The molecule has 4 heterocycles. The number of nitrogens with one attached hydrogen (secondary N) is 2. The molecule has 3 aliphatic rings. The summed E-state index contributed by atoms with van der Waals surface area (Å²) in [4.78, 5) is 44.1. The first kappa shape index (κ1) is 18.5. The van der Waals surface area contributed by atoms with Gasteiger partial charge in [0.25, 0.3) is 5.56 Å². The van der Waals surface area contributed by atoms with E-state index in [1.165, 1.54) is 0 Å². The minimum absolute atomic E-state index is 0.182. The summed E-state index contributed by atoms with van der Waals surface area (Å²) in [5.41, 5.74) is -0.837. The predicted octanol–water partition coefficient (Wildman–Crippen LogP) is 1.02. The van der Waals surface area contributed by atoms with Gasteiger partial charge in [-0.3, -0.25) is 13.7 Å². The SMILES string of the molecule is CCN(CC)C(=O)n1c2c(c(=O)[nH]c1=O)N(Br)CN2C1CC2CCC(C1)N2. The highest BCUT2D eigenvalue weighted by Gasteiger charge is 2.42. The summed E-state index contributed by atoms with van der Waals surface area (Å²) in [6.07, 6.45) is 4.19. The van der Waals surface area contributed by atoms with E-state index in [9.17, 15) is 14.4 Å². The van der Waals surface area contributed by atoms with Gasteiger partial charge in [-0.25, -0.2) is 9.59 Å². The molecule has 0 aromatic carbocycles.